The van der Waals surface area contributed by atoms with E-state index in [1.165, 1.54) is 25.7 Å². The number of aliphatic hydroxyl groups excluding tert-OH is 1. The van der Waals surface area contributed by atoms with Crippen LogP contribution in [0.2, 0.25) is 0 Å². The Bertz CT molecular complexity index is 456. The molecule has 0 amide bonds. The number of nitrogens with zero attached hydrogens (tertiary/aromatic N) is 1. The fourth-order valence-electron chi connectivity index (χ4n) is 3.59. The number of ether oxygens (including phenoxy) is 1. The Morgan fingerprint density at radius 1 is 1.24 bits per heavy atom. The molecule has 1 atom stereocenters. The van der Waals surface area contributed by atoms with Gasteiger partial charge >= 0.3 is 0 Å². The molecule has 1 aromatic carbocycles. The van der Waals surface area contributed by atoms with E-state index in [0.717, 1.165) is 30.1 Å². The molecule has 1 aliphatic heterocycles. The molecule has 1 heterocycles. The lowest BCUT2D eigenvalue weighted by Crippen LogP contribution is -2.40. The zero-order valence-corrected chi connectivity index (χ0v) is 13.9. The number of anilines is 1. The fraction of sp³-hybridized carbons (Fsp3) is 0.667. The van der Waals surface area contributed by atoms with Gasteiger partial charge in [0.25, 0.3) is 0 Å². The number of benzene rings is 1. The van der Waals surface area contributed by atoms with E-state index in [0.29, 0.717) is 5.41 Å². The number of piperidine rings is 1. The third kappa shape index (κ3) is 3.18. The van der Waals surface area contributed by atoms with Crippen molar-refractivity contribution in [1.29, 1.82) is 0 Å². The van der Waals surface area contributed by atoms with Crippen LogP contribution in [0.5, 0.6) is 5.75 Å². The summed E-state index contributed by atoms with van der Waals surface area (Å²) in [5.74, 6) is 0.783. The molecular weight excluding hydrogens is 262 g/mol. The Morgan fingerprint density at radius 2 is 1.86 bits per heavy atom. The molecule has 3 nitrogen and oxygen atoms in total. The molecule has 0 unspecified atom stereocenters. The Morgan fingerprint density at radius 3 is 2.33 bits per heavy atom. The number of hydrogen-bond acceptors (Lipinski definition) is 3. The van der Waals surface area contributed by atoms with Crippen molar-refractivity contribution in [3.05, 3.63) is 23.8 Å². The van der Waals surface area contributed by atoms with E-state index >= 15 is 0 Å². The van der Waals surface area contributed by atoms with Crippen LogP contribution in [0.4, 0.5) is 5.69 Å². The maximum atomic E-state index is 10.1. The fourth-order valence-corrected chi connectivity index (χ4v) is 3.59. The van der Waals surface area contributed by atoms with Crippen molar-refractivity contribution in [2.24, 2.45) is 5.41 Å². The van der Waals surface area contributed by atoms with Gasteiger partial charge in [0.15, 0.2) is 0 Å². The number of hydrogen-bond donors (Lipinski definition) is 1. The van der Waals surface area contributed by atoms with Crippen molar-refractivity contribution in [3.63, 3.8) is 0 Å². The molecule has 1 saturated heterocycles. The summed E-state index contributed by atoms with van der Waals surface area (Å²) in [4.78, 5) is 2.41. The minimum absolute atomic E-state index is 0.514. The highest BCUT2D eigenvalue weighted by atomic mass is 16.5. The van der Waals surface area contributed by atoms with Crippen LogP contribution in [0.1, 0.15) is 58.1 Å². The third-order valence-electron chi connectivity index (χ3n) is 5.35. The van der Waals surface area contributed by atoms with Crippen LogP contribution in [0.15, 0.2) is 18.2 Å². The number of methoxy groups -OCH3 is 1. The second kappa shape index (κ2) is 6.69. The van der Waals surface area contributed by atoms with Gasteiger partial charge < -0.3 is 14.7 Å². The van der Waals surface area contributed by atoms with Gasteiger partial charge in [-0.3, -0.25) is 0 Å². The molecule has 2 rings (SSSR count). The van der Waals surface area contributed by atoms with Crippen LogP contribution >= 0.6 is 0 Å². The van der Waals surface area contributed by atoms with E-state index < -0.39 is 6.10 Å². The second-order valence-electron chi connectivity index (χ2n) is 6.26. The summed E-state index contributed by atoms with van der Waals surface area (Å²) < 4.78 is 5.43. The Hall–Kier alpha value is -1.22. The van der Waals surface area contributed by atoms with Crippen molar-refractivity contribution < 1.29 is 9.84 Å². The first-order chi connectivity index (χ1) is 10.1. The first-order valence-corrected chi connectivity index (χ1v) is 8.17. The quantitative estimate of drug-likeness (QED) is 0.884. The number of rotatable bonds is 5. The van der Waals surface area contributed by atoms with Gasteiger partial charge in [-0.1, -0.05) is 32.8 Å². The van der Waals surface area contributed by atoms with Crippen LogP contribution in [-0.4, -0.2) is 25.3 Å². The standard InChI is InChI=1S/C18H29NO2/c1-5-18(6-2)10-12-19(13-11-18)15-8-7-9-16(21-4)17(15)14(3)20/h7-9,14,20H,5-6,10-13H2,1-4H3/t14-/m0/s1. The Labute approximate surface area is 128 Å². The van der Waals surface area contributed by atoms with Gasteiger partial charge in [0.2, 0.25) is 0 Å². The monoisotopic (exact) mass is 291 g/mol. The molecule has 21 heavy (non-hydrogen) atoms. The summed E-state index contributed by atoms with van der Waals surface area (Å²) in [6.45, 7) is 8.56. The molecule has 1 aromatic rings. The van der Waals surface area contributed by atoms with E-state index in [1.807, 2.05) is 19.1 Å². The van der Waals surface area contributed by atoms with Crippen LogP contribution in [0, 0.1) is 5.41 Å². The largest absolute Gasteiger partial charge is 0.496 e. The SMILES string of the molecule is CCC1(CC)CCN(c2cccc(OC)c2[C@H](C)O)CC1. The average Bonchev–Trinajstić information content (AvgIpc) is 2.54. The first kappa shape index (κ1) is 16.2. The highest BCUT2D eigenvalue weighted by Gasteiger charge is 2.32. The molecule has 0 saturated carbocycles. The van der Waals surface area contributed by atoms with E-state index in [2.05, 4.69) is 24.8 Å². The average molecular weight is 291 g/mol. The van der Waals surface area contributed by atoms with Crippen molar-refractivity contribution in [2.75, 3.05) is 25.1 Å². The van der Waals surface area contributed by atoms with Gasteiger partial charge in [0, 0.05) is 24.3 Å². The molecule has 0 bridgehead atoms. The summed E-state index contributed by atoms with van der Waals surface area (Å²) in [5, 5.41) is 10.1. The predicted molar refractivity (Wildman–Crippen MR) is 88.1 cm³/mol. The zero-order chi connectivity index (χ0) is 15.5. The van der Waals surface area contributed by atoms with Crippen LogP contribution in [0.3, 0.4) is 0 Å². The van der Waals surface area contributed by atoms with Gasteiger partial charge in [-0.25, -0.2) is 0 Å². The molecule has 0 radical (unpaired) electrons. The lowest BCUT2D eigenvalue weighted by Gasteiger charge is -2.42. The summed E-state index contributed by atoms with van der Waals surface area (Å²) in [5.41, 5.74) is 2.56. The summed E-state index contributed by atoms with van der Waals surface area (Å²) >= 11 is 0. The van der Waals surface area contributed by atoms with Crippen molar-refractivity contribution >= 4 is 5.69 Å². The molecule has 118 valence electrons. The molecule has 0 spiro atoms. The summed E-state index contributed by atoms with van der Waals surface area (Å²) in [6.07, 6.45) is 4.48. The summed E-state index contributed by atoms with van der Waals surface area (Å²) in [6, 6.07) is 6.05. The van der Waals surface area contributed by atoms with Gasteiger partial charge in [-0.2, -0.15) is 0 Å². The lowest BCUT2D eigenvalue weighted by molar-refractivity contribution is 0.189. The molecule has 3 heteroatoms. The van der Waals surface area contributed by atoms with Gasteiger partial charge in [-0.05, 0) is 37.3 Å². The first-order valence-electron chi connectivity index (χ1n) is 8.17. The Kier molecular flexibility index (Phi) is 5.15. The van der Waals surface area contributed by atoms with Crippen molar-refractivity contribution in [1.82, 2.24) is 0 Å². The molecule has 0 aromatic heterocycles. The van der Waals surface area contributed by atoms with Gasteiger partial charge in [0.1, 0.15) is 5.75 Å². The number of aliphatic hydroxyl groups is 1. The Balaban J connectivity index is 2.24. The minimum atomic E-state index is -0.514. The molecule has 1 N–H and O–H groups in total. The van der Waals surface area contributed by atoms with E-state index in [-0.39, 0.29) is 0 Å². The van der Waals surface area contributed by atoms with Crippen LogP contribution < -0.4 is 9.64 Å². The van der Waals surface area contributed by atoms with Crippen molar-refractivity contribution in [3.8, 4) is 5.75 Å². The van der Waals surface area contributed by atoms with E-state index in [1.54, 1.807) is 7.11 Å². The normalized spacial score (nSPS) is 19.4. The highest BCUT2D eigenvalue weighted by molar-refractivity contribution is 5.60. The maximum Gasteiger partial charge on any atom is 0.126 e. The lowest BCUT2D eigenvalue weighted by atomic mass is 9.74. The van der Waals surface area contributed by atoms with Crippen LogP contribution in [0.25, 0.3) is 0 Å². The predicted octanol–water partition coefficient (Wildman–Crippen LogP) is 4.16. The topological polar surface area (TPSA) is 32.7 Å². The van der Waals surface area contributed by atoms with Gasteiger partial charge in [0.05, 0.1) is 13.2 Å². The molecule has 1 fully saturated rings. The highest BCUT2D eigenvalue weighted by Crippen LogP contribution is 2.41. The van der Waals surface area contributed by atoms with Crippen molar-refractivity contribution in [2.45, 2.75) is 52.6 Å². The second-order valence-corrected chi connectivity index (χ2v) is 6.26. The minimum Gasteiger partial charge on any atom is -0.496 e. The third-order valence-corrected chi connectivity index (χ3v) is 5.35. The molecule has 0 aliphatic carbocycles. The van der Waals surface area contributed by atoms with E-state index in [4.69, 9.17) is 4.74 Å². The maximum absolute atomic E-state index is 10.1. The molecule has 1 aliphatic rings. The van der Waals surface area contributed by atoms with Gasteiger partial charge in [-0.15, -0.1) is 0 Å². The van der Waals surface area contributed by atoms with Crippen LogP contribution in [-0.2, 0) is 0 Å². The summed E-state index contributed by atoms with van der Waals surface area (Å²) in [7, 11) is 1.67. The zero-order valence-electron chi connectivity index (χ0n) is 13.9. The smallest absolute Gasteiger partial charge is 0.126 e. The molecular formula is C18H29NO2. The van der Waals surface area contributed by atoms with E-state index in [9.17, 15) is 5.11 Å².